The van der Waals surface area contributed by atoms with Crippen LogP contribution in [0.25, 0.3) is 0 Å². The molecule has 0 atom stereocenters. The van der Waals surface area contributed by atoms with Crippen molar-refractivity contribution in [2.75, 3.05) is 0 Å². The van der Waals surface area contributed by atoms with E-state index in [1.165, 1.54) is 12.8 Å². The maximum atomic E-state index is 10.9. The van der Waals surface area contributed by atoms with Crippen molar-refractivity contribution in [1.82, 2.24) is 4.57 Å². The maximum absolute atomic E-state index is 10.9. The van der Waals surface area contributed by atoms with Crippen molar-refractivity contribution >= 4 is 5.78 Å². The monoisotopic (exact) mass is 165 g/mol. The summed E-state index contributed by atoms with van der Waals surface area (Å²) in [5.74, 6) is 0.144. The molecule has 0 aromatic carbocycles. The van der Waals surface area contributed by atoms with Gasteiger partial charge in [-0.15, -0.1) is 0 Å². The summed E-state index contributed by atoms with van der Waals surface area (Å²) in [6.45, 7) is 4.78. The highest BCUT2D eigenvalue weighted by molar-refractivity contribution is 5.93. The van der Waals surface area contributed by atoms with Crippen molar-refractivity contribution in [3.05, 3.63) is 24.0 Å². The van der Waals surface area contributed by atoms with Gasteiger partial charge in [-0.3, -0.25) is 4.79 Å². The Balaban J connectivity index is 2.58. The molecular formula is C10H15NO. The van der Waals surface area contributed by atoms with Gasteiger partial charge in [-0.1, -0.05) is 13.3 Å². The molecule has 0 saturated heterocycles. The molecule has 0 bridgehead atoms. The Labute approximate surface area is 73.2 Å². The summed E-state index contributed by atoms with van der Waals surface area (Å²) in [6.07, 6.45) is 6.24. The van der Waals surface area contributed by atoms with Gasteiger partial charge in [0.2, 0.25) is 0 Å². The molecule has 1 aromatic heterocycles. The molecule has 0 unspecified atom stereocenters. The van der Waals surface area contributed by atoms with Crippen molar-refractivity contribution in [2.24, 2.45) is 0 Å². The van der Waals surface area contributed by atoms with E-state index in [4.69, 9.17) is 0 Å². The molecule has 1 heterocycles. The molecule has 0 spiro atoms. The Hall–Kier alpha value is -1.05. The molecule has 0 radical (unpaired) electrons. The first-order valence-corrected chi connectivity index (χ1v) is 4.40. The number of unbranched alkanes of at least 4 members (excludes halogenated alkanes) is 1. The number of aryl methyl sites for hydroxylation is 1. The van der Waals surface area contributed by atoms with Crippen LogP contribution >= 0.6 is 0 Å². The SMILES string of the molecule is CCCCn1ccc(C(C)=O)c1. The van der Waals surface area contributed by atoms with Crippen LogP contribution in [0.5, 0.6) is 0 Å². The molecule has 66 valence electrons. The minimum atomic E-state index is 0.144. The third-order valence-corrected chi connectivity index (χ3v) is 1.93. The number of hydrogen-bond donors (Lipinski definition) is 0. The quantitative estimate of drug-likeness (QED) is 0.628. The zero-order valence-electron chi connectivity index (χ0n) is 7.71. The van der Waals surface area contributed by atoms with E-state index in [0.717, 1.165) is 12.1 Å². The Bertz CT molecular complexity index is 263. The van der Waals surface area contributed by atoms with Crippen LogP contribution in [0, 0.1) is 0 Å². The van der Waals surface area contributed by atoms with Gasteiger partial charge in [-0.05, 0) is 19.4 Å². The average molecular weight is 165 g/mol. The Kier molecular flexibility index (Phi) is 3.09. The standard InChI is InChI=1S/C10H15NO/c1-3-4-6-11-7-5-10(8-11)9(2)12/h5,7-8H,3-4,6H2,1-2H3. The number of carbonyl (C=O) groups excluding carboxylic acids is 1. The lowest BCUT2D eigenvalue weighted by atomic mass is 10.2. The lowest BCUT2D eigenvalue weighted by molar-refractivity contribution is 0.101. The third-order valence-electron chi connectivity index (χ3n) is 1.93. The van der Waals surface area contributed by atoms with Gasteiger partial charge in [0.15, 0.2) is 5.78 Å². The van der Waals surface area contributed by atoms with Crippen molar-refractivity contribution in [2.45, 2.75) is 33.2 Å². The smallest absolute Gasteiger partial charge is 0.161 e. The van der Waals surface area contributed by atoms with Gasteiger partial charge >= 0.3 is 0 Å². The number of aromatic nitrogens is 1. The summed E-state index contributed by atoms with van der Waals surface area (Å²) in [6, 6.07) is 1.87. The van der Waals surface area contributed by atoms with E-state index >= 15 is 0 Å². The first-order valence-electron chi connectivity index (χ1n) is 4.40. The van der Waals surface area contributed by atoms with Crippen molar-refractivity contribution in [3.8, 4) is 0 Å². The molecule has 0 aliphatic heterocycles. The lowest BCUT2D eigenvalue weighted by Crippen LogP contribution is -1.94. The lowest BCUT2D eigenvalue weighted by Gasteiger charge is -1.98. The molecule has 0 aliphatic carbocycles. The molecule has 0 saturated carbocycles. The molecule has 1 aromatic rings. The molecule has 1 rings (SSSR count). The topological polar surface area (TPSA) is 22.0 Å². The molecular weight excluding hydrogens is 150 g/mol. The van der Waals surface area contributed by atoms with Crippen LogP contribution in [0.4, 0.5) is 0 Å². The van der Waals surface area contributed by atoms with Gasteiger partial charge in [0, 0.05) is 24.5 Å². The van der Waals surface area contributed by atoms with Crippen LogP contribution in [-0.2, 0) is 6.54 Å². The number of nitrogens with zero attached hydrogens (tertiary/aromatic N) is 1. The van der Waals surface area contributed by atoms with Gasteiger partial charge in [-0.25, -0.2) is 0 Å². The zero-order valence-corrected chi connectivity index (χ0v) is 7.71. The van der Waals surface area contributed by atoms with Gasteiger partial charge in [0.1, 0.15) is 0 Å². The Morgan fingerprint density at radius 1 is 1.58 bits per heavy atom. The number of rotatable bonds is 4. The molecule has 0 aliphatic rings. The molecule has 2 heteroatoms. The normalized spacial score (nSPS) is 10.2. The van der Waals surface area contributed by atoms with Crippen molar-refractivity contribution in [3.63, 3.8) is 0 Å². The number of carbonyl (C=O) groups is 1. The summed E-state index contributed by atoms with van der Waals surface area (Å²) >= 11 is 0. The minimum Gasteiger partial charge on any atom is -0.354 e. The Morgan fingerprint density at radius 3 is 2.83 bits per heavy atom. The predicted octanol–water partition coefficient (Wildman–Crippen LogP) is 2.49. The van der Waals surface area contributed by atoms with Gasteiger partial charge in [0.25, 0.3) is 0 Å². The summed E-state index contributed by atoms with van der Waals surface area (Å²) in [5, 5.41) is 0. The van der Waals surface area contributed by atoms with E-state index in [1.54, 1.807) is 6.92 Å². The predicted molar refractivity (Wildman–Crippen MR) is 49.3 cm³/mol. The van der Waals surface area contributed by atoms with E-state index in [9.17, 15) is 4.79 Å². The molecule has 0 amide bonds. The van der Waals surface area contributed by atoms with E-state index in [2.05, 4.69) is 11.5 Å². The summed E-state index contributed by atoms with van der Waals surface area (Å²) < 4.78 is 2.07. The largest absolute Gasteiger partial charge is 0.354 e. The van der Waals surface area contributed by atoms with Crippen LogP contribution in [-0.4, -0.2) is 10.4 Å². The molecule has 0 N–H and O–H groups in total. The summed E-state index contributed by atoms with van der Waals surface area (Å²) in [5.41, 5.74) is 0.811. The summed E-state index contributed by atoms with van der Waals surface area (Å²) in [4.78, 5) is 10.9. The van der Waals surface area contributed by atoms with Gasteiger partial charge in [0.05, 0.1) is 0 Å². The molecule has 12 heavy (non-hydrogen) atoms. The second-order valence-electron chi connectivity index (χ2n) is 3.05. The van der Waals surface area contributed by atoms with Gasteiger partial charge in [-0.2, -0.15) is 0 Å². The van der Waals surface area contributed by atoms with E-state index < -0.39 is 0 Å². The zero-order chi connectivity index (χ0) is 8.97. The first-order chi connectivity index (χ1) is 5.74. The fourth-order valence-electron chi connectivity index (χ4n) is 1.13. The first kappa shape index (κ1) is 9.04. The Morgan fingerprint density at radius 2 is 2.33 bits per heavy atom. The van der Waals surface area contributed by atoms with Crippen LogP contribution in [0.3, 0.4) is 0 Å². The van der Waals surface area contributed by atoms with Crippen LogP contribution in [0.15, 0.2) is 18.5 Å². The van der Waals surface area contributed by atoms with Gasteiger partial charge < -0.3 is 4.57 Å². The van der Waals surface area contributed by atoms with E-state index in [-0.39, 0.29) is 5.78 Å². The number of Topliss-reactive ketones (excluding diaryl/α,β-unsaturated/α-hetero) is 1. The molecule has 2 nitrogen and oxygen atoms in total. The van der Waals surface area contributed by atoms with Crippen LogP contribution < -0.4 is 0 Å². The third kappa shape index (κ3) is 2.22. The van der Waals surface area contributed by atoms with Crippen LogP contribution in [0.1, 0.15) is 37.0 Å². The maximum Gasteiger partial charge on any atom is 0.161 e. The van der Waals surface area contributed by atoms with Crippen LogP contribution in [0.2, 0.25) is 0 Å². The molecule has 0 fully saturated rings. The highest BCUT2D eigenvalue weighted by Crippen LogP contribution is 2.03. The fourth-order valence-corrected chi connectivity index (χ4v) is 1.13. The second-order valence-corrected chi connectivity index (χ2v) is 3.05. The highest BCUT2D eigenvalue weighted by atomic mass is 16.1. The minimum absolute atomic E-state index is 0.144. The van der Waals surface area contributed by atoms with Crippen molar-refractivity contribution in [1.29, 1.82) is 0 Å². The van der Waals surface area contributed by atoms with E-state index in [0.29, 0.717) is 0 Å². The number of ketones is 1. The highest BCUT2D eigenvalue weighted by Gasteiger charge is 1.99. The average Bonchev–Trinajstić information content (AvgIpc) is 2.48. The fraction of sp³-hybridized carbons (Fsp3) is 0.500. The number of hydrogen-bond acceptors (Lipinski definition) is 1. The van der Waals surface area contributed by atoms with Crippen molar-refractivity contribution < 1.29 is 4.79 Å². The second kappa shape index (κ2) is 4.10. The van der Waals surface area contributed by atoms with E-state index in [1.807, 2.05) is 18.5 Å². The summed E-state index contributed by atoms with van der Waals surface area (Å²) in [7, 11) is 0.